The van der Waals surface area contributed by atoms with Gasteiger partial charge in [-0.1, -0.05) is 0 Å². The molecule has 28 valence electrons. The van der Waals surface area contributed by atoms with Crippen LogP contribution in [0.25, 0.3) is 0 Å². The van der Waals surface area contributed by atoms with Gasteiger partial charge in [0.1, 0.15) is 17.9 Å². The van der Waals surface area contributed by atoms with E-state index in [1.807, 2.05) is 0 Å². The highest BCUT2D eigenvalue weighted by Gasteiger charge is 1.54. The van der Waals surface area contributed by atoms with Gasteiger partial charge in [-0.2, -0.15) is 0 Å². The molecular formula is O2P2S. The van der Waals surface area contributed by atoms with E-state index in [-0.39, 0.29) is 8.15 Å². The lowest BCUT2D eigenvalue weighted by Crippen LogP contribution is -1.08. The lowest BCUT2D eigenvalue weighted by Gasteiger charge is -1.32. The molecular weight excluding hydrogens is 126 g/mol. The smallest absolute Gasteiger partial charge is 0.230 e. The summed E-state index contributed by atoms with van der Waals surface area (Å²) in [5, 5.41) is 0. The molecule has 0 N–H and O–H groups in total. The second-order valence-electron chi connectivity index (χ2n) is 0.238. The minimum Gasteiger partial charge on any atom is -0.264 e. The van der Waals surface area contributed by atoms with E-state index >= 15 is 0 Å². The van der Waals surface area contributed by atoms with Crippen LogP contribution in [0.4, 0.5) is 0 Å². The molecule has 0 aromatic rings. The van der Waals surface area contributed by atoms with Gasteiger partial charge in [0.2, 0.25) is 8.15 Å². The van der Waals surface area contributed by atoms with Gasteiger partial charge in [-0.25, -0.2) is 4.21 Å². The van der Waals surface area contributed by atoms with Crippen LogP contribution in [0.2, 0.25) is 0 Å². The molecule has 0 amide bonds. The van der Waals surface area contributed by atoms with Crippen molar-refractivity contribution < 1.29 is 8.77 Å². The highest BCUT2D eigenvalue weighted by molar-refractivity contribution is 8.28. The molecule has 0 fully saturated rings. The predicted octanol–water partition coefficient (Wildman–Crippen LogP) is 1.27. The molecule has 0 aromatic carbocycles. The standard InChI is InChI=1S/O2P2S/c1-3-4-5-2. The summed E-state index contributed by atoms with van der Waals surface area (Å²) < 4.78 is 18.5. The zero-order valence-corrected chi connectivity index (χ0v) is 4.72. The summed E-state index contributed by atoms with van der Waals surface area (Å²) >= 11 is 0. The summed E-state index contributed by atoms with van der Waals surface area (Å²) in [6.07, 6.45) is 0. The Bertz CT molecular complexity index is 71.7. The van der Waals surface area contributed by atoms with Crippen molar-refractivity contribution in [3.05, 3.63) is 0 Å². The normalized spacial score (nSPS) is 8.80. The molecule has 0 heterocycles. The third kappa shape index (κ3) is 4.42. The zero-order valence-electron chi connectivity index (χ0n) is 2.12. The number of hydrogen-bond acceptors (Lipinski definition) is 2. The zero-order chi connectivity index (χ0) is 4.12. The first-order valence-corrected chi connectivity index (χ1v) is 4.49. The molecule has 0 radical (unpaired) electrons. The summed E-state index contributed by atoms with van der Waals surface area (Å²) in [7, 11) is 0.559. The van der Waals surface area contributed by atoms with Crippen molar-refractivity contribution in [2.45, 2.75) is 0 Å². The summed E-state index contributed by atoms with van der Waals surface area (Å²) in [6, 6.07) is 0. The minimum atomic E-state index is -0.0976. The summed E-state index contributed by atoms with van der Waals surface area (Å²) in [4.78, 5) is 0. The van der Waals surface area contributed by atoms with Gasteiger partial charge in [-0.3, -0.25) is 4.57 Å². The average Bonchev–Trinajstić information content (AvgIpc) is 1.41. The lowest BCUT2D eigenvalue weighted by atomic mass is 16.0. The van der Waals surface area contributed by atoms with Gasteiger partial charge in [0, 0.05) is 0 Å². The molecule has 0 aliphatic heterocycles. The van der Waals surface area contributed by atoms with Crippen LogP contribution in [0.1, 0.15) is 0 Å². The molecule has 0 bridgehead atoms. The summed E-state index contributed by atoms with van der Waals surface area (Å²) in [6.45, 7) is 0. The topological polar surface area (TPSA) is 34.1 Å². The Morgan fingerprint density at radius 3 is 2.20 bits per heavy atom. The van der Waals surface area contributed by atoms with Gasteiger partial charge in [0.05, 0.1) is 0 Å². The molecule has 5 heavy (non-hydrogen) atoms. The fraction of sp³-hybridized carbons (Fsp3) is 0. The van der Waals surface area contributed by atoms with Gasteiger partial charge in [0.25, 0.3) is 0 Å². The molecule has 0 aliphatic carbocycles. The van der Waals surface area contributed by atoms with E-state index in [0.29, 0.717) is 17.9 Å². The van der Waals surface area contributed by atoms with Crippen molar-refractivity contribution in [3.63, 3.8) is 0 Å². The van der Waals surface area contributed by atoms with E-state index < -0.39 is 0 Å². The average molecular weight is 126 g/mol. The highest BCUT2D eigenvalue weighted by atomic mass is 32.6. The molecule has 0 rings (SSSR count). The maximum absolute atomic E-state index is 9.27. The Balaban J connectivity index is 3.31. The van der Waals surface area contributed by atoms with E-state index in [9.17, 15) is 8.77 Å². The third-order valence-electron chi connectivity index (χ3n) is 0.0667. The largest absolute Gasteiger partial charge is 0.264 e. The predicted molar refractivity (Wildman–Crippen MR) is 22.7 cm³/mol. The first kappa shape index (κ1) is 5.42. The number of rotatable bonds is 1. The molecule has 0 saturated carbocycles. The van der Waals surface area contributed by atoms with Crippen LogP contribution in [0, 0.1) is 0 Å². The van der Waals surface area contributed by atoms with Crippen molar-refractivity contribution in [2.75, 3.05) is 0 Å². The molecule has 0 unspecified atom stereocenters. The van der Waals surface area contributed by atoms with E-state index in [2.05, 4.69) is 0 Å². The van der Waals surface area contributed by atoms with Crippen molar-refractivity contribution in [1.29, 1.82) is 0 Å². The fourth-order valence-corrected chi connectivity index (χ4v) is 0.367. The lowest BCUT2D eigenvalue weighted by molar-refractivity contribution is 0.605. The molecule has 0 atom stereocenters. The van der Waals surface area contributed by atoms with E-state index in [0.717, 1.165) is 0 Å². The summed E-state index contributed by atoms with van der Waals surface area (Å²) in [5.74, 6) is 0. The van der Waals surface area contributed by atoms with Gasteiger partial charge in [-0.15, -0.1) is 0 Å². The second kappa shape index (κ2) is 4.42. The fourth-order valence-electron chi connectivity index (χ4n) is 0.0136. The van der Waals surface area contributed by atoms with E-state index in [1.54, 1.807) is 0 Å². The quantitative estimate of drug-likeness (QED) is 0.495. The maximum Gasteiger partial charge on any atom is 0.230 e. The van der Waals surface area contributed by atoms with Crippen LogP contribution in [-0.2, 0) is 15.4 Å². The van der Waals surface area contributed by atoms with Gasteiger partial charge >= 0.3 is 0 Å². The first-order valence-electron chi connectivity index (χ1n) is 0.732. The van der Waals surface area contributed by atoms with Gasteiger partial charge in [-0.05, 0) is 0 Å². The van der Waals surface area contributed by atoms with Crippen molar-refractivity contribution in [1.82, 2.24) is 0 Å². The van der Waals surface area contributed by atoms with E-state index in [1.165, 1.54) is 0 Å². The Kier molecular flexibility index (Phi) is 4.79. The van der Waals surface area contributed by atoms with Crippen LogP contribution >= 0.6 is 15.2 Å². The van der Waals surface area contributed by atoms with Crippen molar-refractivity contribution in [2.24, 2.45) is 0 Å². The molecule has 0 spiro atoms. The van der Waals surface area contributed by atoms with Crippen molar-refractivity contribution in [3.8, 4) is 0 Å². The Morgan fingerprint density at radius 2 is 2.20 bits per heavy atom. The molecule has 2 nitrogen and oxygen atoms in total. The van der Waals surface area contributed by atoms with Crippen LogP contribution in [0.15, 0.2) is 0 Å². The van der Waals surface area contributed by atoms with Gasteiger partial charge < -0.3 is 0 Å². The number of hydrogen-bond donors (Lipinski definition) is 0. The van der Waals surface area contributed by atoms with Crippen LogP contribution < -0.4 is 0 Å². The monoisotopic (exact) mass is 126 g/mol. The molecule has 0 aromatic heterocycles. The molecule has 5 heteroatoms. The Labute approximate surface area is 35.6 Å². The van der Waals surface area contributed by atoms with Gasteiger partial charge in [0.15, 0.2) is 0 Å². The second-order valence-corrected chi connectivity index (χ2v) is 3.61. The van der Waals surface area contributed by atoms with Crippen LogP contribution in [0.5, 0.6) is 0 Å². The first-order chi connectivity index (χ1) is 2.41. The highest BCUT2D eigenvalue weighted by Crippen LogP contribution is 2.11. The third-order valence-corrected chi connectivity index (χ3v) is 1.80. The van der Waals surface area contributed by atoms with Crippen LogP contribution in [-0.4, -0.2) is 4.21 Å². The minimum absolute atomic E-state index is 0.0976. The van der Waals surface area contributed by atoms with Crippen LogP contribution in [0.3, 0.4) is 0 Å². The Morgan fingerprint density at radius 1 is 1.60 bits per heavy atom. The Hall–Kier alpha value is 0.420. The maximum atomic E-state index is 9.27. The molecule has 0 aliphatic rings. The summed E-state index contributed by atoms with van der Waals surface area (Å²) in [5.41, 5.74) is 0. The molecule has 0 saturated heterocycles. The van der Waals surface area contributed by atoms with E-state index in [4.69, 9.17) is 0 Å². The van der Waals surface area contributed by atoms with Crippen molar-refractivity contribution >= 4 is 26.0 Å². The SMILES string of the molecule is O=PP=S=O.